The number of hydrogen-bond donors (Lipinski definition) is 1. The fourth-order valence-corrected chi connectivity index (χ4v) is 4.86. The molecule has 3 aromatic rings. The second kappa shape index (κ2) is 14.0. The standard InChI is InChI=1S/C29H31F6N3O4S/c1-18(2)38(27(40)36-22-14-20(28(30,31)32)13-21(15-22)29(33,34)35)17-26(39)37(16-23-6-5-11-43-23)10-9-19-7-8-24(41-3)25(12-19)42-4/h5-8,11-15,18H,9-10,16-17H2,1-4H3,(H,36,40). The van der Waals surface area contributed by atoms with Gasteiger partial charge in [-0.1, -0.05) is 12.1 Å². The number of anilines is 1. The third-order valence-corrected chi connectivity index (χ3v) is 7.29. The number of carbonyl (C=O) groups is 2. The molecule has 0 aliphatic carbocycles. The number of methoxy groups -OCH3 is 2. The molecule has 234 valence electrons. The van der Waals surface area contributed by atoms with Gasteiger partial charge >= 0.3 is 18.4 Å². The Labute approximate surface area is 249 Å². The lowest BCUT2D eigenvalue weighted by Crippen LogP contribution is -2.47. The summed E-state index contributed by atoms with van der Waals surface area (Å²) in [6.45, 7) is 3.18. The molecule has 0 spiro atoms. The van der Waals surface area contributed by atoms with E-state index in [9.17, 15) is 35.9 Å². The van der Waals surface area contributed by atoms with Gasteiger partial charge in [0.25, 0.3) is 0 Å². The average molecular weight is 632 g/mol. The Hall–Kier alpha value is -3.94. The number of rotatable bonds is 11. The second-order valence-corrected chi connectivity index (χ2v) is 10.8. The Bertz CT molecular complexity index is 1360. The molecule has 0 unspecified atom stereocenters. The predicted octanol–water partition coefficient (Wildman–Crippen LogP) is 7.32. The zero-order chi connectivity index (χ0) is 31.9. The van der Waals surface area contributed by atoms with E-state index >= 15 is 0 Å². The van der Waals surface area contributed by atoms with Gasteiger partial charge in [-0.3, -0.25) is 4.79 Å². The molecule has 3 amide bonds. The van der Waals surface area contributed by atoms with Crippen LogP contribution in [0.3, 0.4) is 0 Å². The summed E-state index contributed by atoms with van der Waals surface area (Å²) in [5.74, 6) is 0.597. The third-order valence-electron chi connectivity index (χ3n) is 6.43. The Balaban J connectivity index is 1.82. The molecular formula is C29H31F6N3O4S. The lowest BCUT2D eigenvalue weighted by atomic mass is 10.1. The first-order valence-corrected chi connectivity index (χ1v) is 13.9. The molecular weight excluding hydrogens is 600 g/mol. The highest BCUT2D eigenvalue weighted by Gasteiger charge is 2.37. The topological polar surface area (TPSA) is 71.1 Å². The number of carbonyl (C=O) groups excluding carboxylic acids is 2. The second-order valence-electron chi connectivity index (χ2n) is 9.78. The largest absolute Gasteiger partial charge is 0.493 e. The molecule has 0 fully saturated rings. The molecule has 0 aliphatic rings. The van der Waals surface area contributed by atoms with E-state index < -0.39 is 53.7 Å². The maximum Gasteiger partial charge on any atom is 0.416 e. The van der Waals surface area contributed by atoms with Crippen molar-refractivity contribution < 1.29 is 45.4 Å². The van der Waals surface area contributed by atoms with Crippen LogP contribution in [0.1, 0.15) is 35.4 Å². The van der Waals surface area contributed by atoms with Crippen LogP contribution in [0, 0.1) is 0 Å². The molecule has 0 aliphatic heterocycles. The van der Waals surface area contributed by atoms with Crippen LogP contribution in [-0.2, 0) is 30.1 Å². The number of nitrogens with zero attached hydrogens (tertiary/aromatic N) is 2. The first kappa shape index (κ1) is 33.6. The quantitative estimate of drug-likeness (QED) is 0.225. The minimum absolute atomic E-state index is 0.0275. The zero-order valence-corrected chi connectivity index (χ0v) is 24.6. The van der Waals surface area contributed by atoms with Crippen LogP contribution >= 0.6 is 11.3 Å². The summed E-state index contributed by atoms with van der Waals surface area (Å²) in [6, 6.07) is 8.19. The molecule has 3 rings (SSSR count). The van der Waals surface area contributed by atoms with Crippen LogP contribution in [0.15, 0.2) is 53.9 Å². The summed E-state index contributed by atoms with van der Waals surface area (Å²) in [5, 5.41) is 3.96. The first-order chi connectivity index (χ1) is 20.1. The molecule has 0 radical (unpaired) electrons. The van der Waals surface area contributed by atoms with E-state index in [0.29, 0.717) is 30.1 Å². The summed E-state index contributed by atoms with van der Waals surface area (Å²) >= 11 is 1.43. The summed E-state index contributed by atoms with van der Waals surface area (Å²) < 4.78 is 90.4. The molecule has 14 heteroatoms. The number of alkyl halides is 6. The molecule has 7 nitrogen and oxygen atoms in total. The number of urea groups is 1. The van der Waals surface area contributed by atoms with Gasteiger partial charge in [-0.15, -0.1) is 11.3 Å². The lowest BCUT2D eigenvalue weighted by Gasteiger charge is -2.30. The number of ether oxygens (including phenoxy) is 2. The van der Waals surface area contributed by atoms with Crippen molar-refractivity contribution in [1.29, 1.82) is 0 Å². The zero-order valence-electron chi connectivity index (χ0n) is 23.8. The SMILES string of the molecule is COc1ccc(CCN(Cc2cccs2)C(=O)CN(C(=O)Nc2cc(C(F)(F)F)cc(C(F)(F)F)c2)C(C)C)cc1OC. The van der Waals surface area contributed by atoms with Crippen LogP contribution in [0.2, 0.25) is 0 Å². The fraction of sp³-hybridized carbons (Fsp3) is 0.379. The van der Waals surface area contributed by atoms with E-state index in [4.69, 9.17) is 9.47 Å². The summed E-state index contributed by atoms with van der Waals surface area (Å²) in [6.07, 6.45) is -9.73. The van der Waals surface area contributed by atoms with E-state index in [0.717, 1.165) is 15.3 Å². The maximum atomic E-state index is 13.5. The number of halogens is 6. The minimum atomic E-state index is -5.08. The van der Waals surface area contributed by atoms with Gasteiger partial charge in [-0.25, -0.2) is 4.79 Å². The molecule has 1 aromatic heterocycles. The van der Waals surface area contributed by atoms with Crippen LogP contribution in [0.5, 0.6) is 11.5 Å². The van der Waals surface area contributed by atoms with Gasteiger partial charge in [0.2, 0.25) is 5.91 Å². The predicted molar refractivity (Wildman–Crippen MR) is 150 cm³/mol. The number of benzene rings is 2. The molecule has 2 aromatic carbocycles. The fourth-order valence-electron chi connectivity index (χ4n) is 4.14. The Morgan fingerprint density at radius 2 is 1.53 bits per heavy atom. The van der Waals surface area contributed by atoms with Crippen molar-refractivity contribution in [1.82, 2.24) is 9.80 Å². The van der Waals surface area contributed by atoms with Gasteiger partial charge in [0, 0.05) is 23.2 Å². The van der Waals surface area contributed by atoms with E-state index in [1.54, 1.807) is 26.0 Å². The van der Waals surface area contributed by atoms with Gasteiger partial charge in [0.15, 0.2) is 11.5 Å². The summed E-state index contributed by atoms with van der Waals surface area (Å²) in [4.78, 5) is 30.1. The van der Waals surface area contributed by atoms with Crippen molar-refractivity contribution in [2.75, 3.05) is 32.6 Å². The minimum Gasteiger partial charge on any atom is -0.493 e. The van der Waals surface area contributed by atoms with E-state index in [1.165, 1.54) is 30.5 Å². The lowest BCUT2D eigenvalue weighted by molar-refractivity contribution is -0.143. The summed E-state index contributed by atoms with van der Waals surface area (Å²) in [7, 11) is 3.01. The molecule has 0 bridgehead atoms. The molecule has 0 saturated carbocycles. The van der Waals surface area contributed by atoms with Gasteiger partial charge in [0.1, 0.15) is 6.54 Å². The van der Waals surface area contributed by atoms with Gasteiger partial charge in [-0.2, -0.15) is 26.3 Å². The smallest absolute Gasteiger partial charge is 0.416 e. The number of hydrogen-bond acceptors (Lipinski definition) is 5. The first-order valence-electron chi connectivity index (χ1n) is 13.0. The van der Waals surface area contributed by atoms with Crippen molar-refractivity contribution in [2.24, 2.45) is 0 Å². The summed E-state index contributed by atoms with van der Waals surface area (Å²) in [5.41, 5.74) is -2.98. The van der Waals surface area contributed by atoms with Crippen molar-refractivity contribution in [3.63, 3.8) is 0 Å². The van der Waals surface area contributed by atoms with Crippen LogP contribution < -0.4 is 14.8 Å². The highest BCUT2D eigenvalue weighted by atomic mass is 32.1. The Morgan fingerprint density at radius 3 is 2.05 bits per heavy atom. The van der Waals surface area contributed by atoms with Crippen molar-refractivity contribution in [2.45, 2.75) is 45.2 Å². The van der Waals surface area contributed by atoms with Crippen molar-refractivity contribution >= 4 is 29.0 Å². The van der Waals surface area contributed by atoms with Crippen molar-refractivity contribution in [3.05, 3.63) is 75.5 Å². The van der Waals surface area contributed by atoms with Crippen LogP contribution in [0.25, 0.3) is 0 Å². The molecule has 0 saturated heterocycles. The molecule has 1 N–H and O–H groups in total. The third kappa shape index (κ3) is 9.27. The Morgan fingerprint density at radius 1 is 0.907 bits per heavy atom. The number of amides is 3. The molecule has 43 heavy (non-hydrogen) atoms. The maximum absolute atomic E-state index is 13.5. The van der Waals surface area contributed by atoms with Gasteiger partial charge < -0.3 is 24.6 Å². The van der Waals surface area contributed by atoms with E-state index in [-0.39, 0.29) is 19.2 Å². The molecule has 0 atom stereocenters. The highest BCUT2D eigenvalue weighted by molar-refractivity contribution is 7.09. The molecule has 1 heterocycles. The van der Waals surface area contributed by atoms with Gasteiger partial charge in [-0.05, 0) is 67.6 Å². The Kier molecular flexibility index (Phi) is 10.9. The van der Waals surface area contributed by atoms with Crippen LogP contribution in [0.4, 0.5) is 36.8 Å². The normalized spacial score (nSPS) is 11.8. The van der Waals surface area contributed by atoms with Crippen LogP contribution in [-0.4, -0.2) is 55.1 Å². The van der Waals surface area contributed by atoms with E-state index in [1.807, 2.05) is 23.6 Å². The highest BCUT2D eigenvalue weighted by Crippen LogP contribution is 2.37. The average Bonchev–Trinajstić information content (AvgIpc) is 3.45. The van der Waals surface area contributed by atoms with E-state index in [2.05, 4.69) is 5.32 Å². The van der Waals surface area contributed by atoms with Crippen molar-refractivity contribution in [3.8, 4) is 11.5 Å². The number of nitrogens with one attached hydrogen (secondary N) is 1. The monoisotopic (exact) mass is 631 g/mol. The van der Waals surface area contributed by atoms with Gasteiger partial charge in [0.05, 0.1) is 31.9 Å². The number of thiophene rings is 1.